The van der Waals surface area contributed by atoms with E-state index in [9.17, 15) is 14.4 Å². The summed E-state index contributed by atoms with van der Waals surface area (Å²) < 4.78 is 4.97. The van der Waals surface area contributed by atoms with Gasteiger partial charge in [0, 0.05) is 6.42 Å². The average molecular weight is 326 g/mol. The Hall–Kier alpha value is -2.45. The first kappa shape index (κ1) is 20.6. The molecule has 128 valence electrons. The van der Waals surface area contributed by atoms with E-state index in [1.54, 1.807) is 0 Å². The lowest BCUT2D eigenvalue weighted by Crippen LogP contribution is -2.32. The molecule has 1 aromatic rings. The Morgan fingerprint density at radius 2 is 1.65 bits per heavy atom. The zero-order valence-electron chi connectivity index (χ0n) is 12.8. The molecule has 8 heteroatoms. The molecule has 2 unspecified atom stereocenters. The highest BCUT2D eigenvalue weighted by Crippen LogP contribution is 2.03. The van der Waals surface area contributed by atoms with Crippen LogP contribution in [-0.2, 0) is 25.7 Å². The molecule has 0 fully saturated rings. The van der Waals surface area contributed by atoms with Crippen molar-refractivity contribution < 1.29 is 29.3 Å². The largest absolute Gasteiger partial charge is 0.481 e. The van der Waals surface area contributed by atoms with Gasteiger partial charge in [-0.05, 0) is 18.9 Å². The third-order valence-corrected chi connectivity index (χ3v) is 2.59. The van der Waals surface area contributed by atoms with Gasteiger partial charge in [0.15, 0.2) is 0 Å². The van der Waals surface area contributed by atoms with Crippen molar-refractivity contribution in [2.24, 2.45) is 11.5 Å². The Bertz CT molecular complexity index is 504. The zero-order chi connectivity index (χ0) is 17.8. The van der Waals surface area contributed by atoms with Gasteiger partial charge in [-0.2, -0.15) is 0 Å². The number of rotatable bonds is 7. The minimum atomic E-state index is -0.976. The highest BCUT2D eigenvalue weighted by atomic mass is 16.5. The van der Waals surface area contributed by atoms with Gasteiger partial charge in [0.25, 0.3) is 0 Å². The first-order chi connectivity index (χ1) is 10.7. The van der Waals surface area contributed by atoms with E-state index in [1.165, 1.54) is 6.92 Å². The Balaban J connectivity index is 0.000000688. The summed E-state index contributed by atoms with van der Waals surface area (Å²) in [6.07, 6.45) is -0.0510. The lowest BCUT2D eigenvalue weighted by Gasteiger charge is -2.10. The molecule has 0 saturated heterocycles. The molecule has 0 aromatic heterocycles. The standard InChI is InChI=1S/C12H15NO4.C3H7NO2/c13-10(6-7-11(14)15)12(16)17-8-9-4-2-1-3-5-9;1-2(4)3(5)6/h1-5,10H,6-8,13H2,(H,14,15);2H,4H2,1H3,(H,5,6). The maximum Gasteiger partial charge on any atom is 0.323 e. The lowest BCUT2D eigenvalue weighted by molar-refractivity contribution is -0.147. The first-order valence-corrected chi connectivity index (χ1v) is 6.90. The quantitative estimate of drug-likeness (QED) is 0.523. The Morgan fingerprint density at radius 3 is 2.09 bits per heavy atom. The smallest absolute Gasteiger partial charge is 0.323 e. The normalized spacial score (nSPS) is 12.3. The first-order valence-electron chi connectivity index (χ1n) is 6.90. The van der Waals surface area contributed by atoms with Crippen LogP contribution in [-0.4, -0.2) is 40.2 Å². The Kier molecular flexibility index (Phi) is 9.97. The fourth-order valence-electron chi connectivity index (χ4n) is 1.23. The van der Waals surface area contributed by atoms with E-state index in [4.69, 9.17) is 26.4 Å². The van der Waals surface area contributed by atoms with Crippen molar-refractivity contribution in [3.63, 3.8) is 0 Å². The van der Waals surface area contributed by atoms with E-state index in [-0.39, 0.29) is 19.4 Å². The summed E-state index contributed by atoms with van der Waals surface area (Å²) in [5.41, 5.74) is 11.2. The molecule has 0 spiro atoms. The molecule has 1 rings (SSSR count). The van der Waals surface area contributed by atoms with Crippen molar-refractivity contribution in [2.75, 3.05) is 0 Å². The minimum Gasteiger partial charge on any atom is -0.481 e. The summed E-state index contributed by atoms with van der Waals surface area (Å²) in [6, 6.07) is 7.59. The van der Waals surface area contributed by atoms with Crippen LogP contribution < -0.4 is 11.5 Å². The van der Waals surface area contributed by atoms with Crippen LogP contribution in [0.15, 0.2) is 30.3 Å². The second-order valence-electron chi connectivity index (χ2n) is 4.76. The van der Waals surface area contributed by atoms with Crippen LogP contribution in [0.4, 0.5) is 0 Å². The molecule has 0 bridgehead atoms. The van der Waals surface area contributed by atoms with Crippen LogP contribution in [0.3, 0.4) is 0 Å². The minimum absolute atomic E-state index is 0.0863. The second kappa shape index (κ2) is 11.2. The van der Waals surface area contributed by atoms with Crippen molar-refractivity contribution in [1.29, 1.82) is 0 Å². The number of esters is 1. The fraction of sp³-hybridized carbons (Fsp3) is 0.400. The third-order valence-electron chi connectivity index (χ3n) is 2.59. The van der Waals surface area contributed by atoms with Crippen LogP contribution in [0.1, 0.15) is 25.3 Å². The molecule has 0 aliphatic heterocycles. The Labute approximate surface area is 134 Å². The SMILES string of the molecule is CC(N)C(=O)O.NC(CCC(=O)O)C(=O)OCc1ccccc1. The van der Waals surface area contributed by atoms with Gasteiger partial charge < -0.3 is 26.4 Å². The summed E-state index contributed by atoms with van der Waals surface area (Å²) in [4.78, 5) is 31.3. The molecular formula is C15H22N2O6. The molecule has 0 aliphatic carbocycles. The van der Waals surface area contributed by atoms with Crippen LogP contribution >= 0.6 is 0 Å². The maximum atomic E-state index is 11.4. The molecule has 0 saturated carbocycles. The summed E-state index contributed by atoms with van der Waals surface area (Å²) in [5.74, 6) is -2.51. The number of benzene rings is 1. The number of carboxylic acid groups (broad SMARTS) is 2. The monoisotopic (exact) mass is 326 g/mol. The summed E-state index contributed by atoms with van der Waals surface area (Å²) in [7, 11) is 0. The van der Waals surface area contributed by atoms with Crippen molar-refractivity contribution in [3.05, 3.63) is 35.9 Å². The van der Waals surface area contributed by atoms with E-state index in [0.29, 0.717) is 0 Å². The number of aliphatic carboxylic acids is 2. The van der Waals surface area contributed by atoms with Crippen molar-refractivity contribution >= 4 is 17.9 Å². The van der Waals surface area contributed by atoms with E-state index in [0.717, 1.165) is 5.56 Å². The third kappa shape index (κ3) is 10.9. The summed E-state index contributed by atoms with van der Waals surface area (Å²) in [6.45, 7) is 1.57. The summed E-state index contributed by atoms with van der Waals surface area (Å²) in [5, 5.41) is 16.3. The van der Waals surface area contributed by atoms with E-state index in [2.05, 4.69) is 0 Å². The molecule has 0 radical (unpaired) electrons. The molecule has 0 amide bonds. The molecule has 0 heterocycles. The van der Waals surface area contributed by atoms with Crippen LogP contribution in [0.5, 0.6) is 0 Å². The molecule has 23 heavy (non-hydrogen) atoms. The molecule has 2 atom stereocenters. The van der Waals surface area contributed by atoms with Gasteiger partial charge >= 0.3 is 17.9 Å². The van der Waals surface area contributed by atoms with Crippen LogP contribution in [0.25, 0.3) is 0 Å². The van der Waals surface area contributed by atoms with Crippen molar-refractivity contribution in [2.45, 2.75) is 38.5 Å². The number of carboxylic acids is 2. The number of carbonyl (C=O) groups is 3. The van der Waals surface area contributed by atoms with E-state index < -0.39 is 30.0 Å². The molecule has 6 N–H and O–H groups in total. The Morgan fingerprint density at radius 1 is 1.13 bits per heavy atom. The van der Waals surface area contributed by atoms with Gasteiger partial charge in [0.2, 0.25) is 0 Å². The van der Waals surface area contributed by atoms with Crippen molar-refractivity contribution in [1.82, 2.24) is 0 Å². The number of nitrogens with two attached hydrogens (primary N) is 2. The number of hydrogen-bond acceptors (Lipinski definition) is 6. The number of hydrogen-bond donors (Lipinski definition) is 4. The van der Waals surface area contributed by atoms with E-state index in [1.807, 2.05) is 30.3 Å². The van der Waals surface area contributed by atoms with Gasteiger partial charge in [-0.1, -0.05) is 30.3 Å². The van der Waals surface area contributed by atoms with E-state index >= 15 is 0 Å². The highest BCUT2D eigenvalue weighted by Gasteiger charge is 2.16. The zero-order valence-corrected chi connectivity index (χ0v) is 12.8. The van der Waals surface area contributed by atoms with Gasteiger partial charge in [-0.3, -0.25) is 14.4 Å². The predicted molar refractivity (Wildman–Crippen MR) is 82.4 cm³/mol. The molecular weight excluding hydrogens is 304 g/mol. The molecule has 1 aromatic carbocycles. The fourth-order valence-corrected chi connectivity index (χ4v) is 1.23. The number of ether oxygens (including phenoxy) is 1. The number of carbonyl (C=O) groups excluding carboxylic acids is 1. The van der Waals surface area contributed by atoms with Crippen molar-refractivity contribution in [3.8, 4) is 0 Å². The molecule has 0 aliphatic rings. The van der Waals surface area contributed by atoms with Gasteiger partial charge in [-0.15, -0.1) is 0 Å². The second-order valence-corrected chi connectivity index (χ2v) is 4.76. The van der Waals surface area contributed by atoms with Gasteiger partial charge in [0.05, 0.1) is 0 Å². The van der Waals surface area contributed by atoms with Gasteiger partial charge in [0.1, 0.15) is 18.7 Å². The van der Waals surface area contributed by atoms with Crippen LogP contribution in [0, 0.1) is 0 Å². The van der Waals surface area contributed by atoms with Crippen LogP contribution in [0.2, 0.25) is 0 Å². The van der Waals surface area contributed by atoms with Gasteiger partial charge in [-0.25, -0.2) is 0 Å². The predicted octanol–water partition coefficient (Wildman–Crippen LogP) is 0.340. The topological polar surface area (TPSA) is 153 Å². The lowest BCUT2D eigenvalue weighted by atomic mass is 10.2. The molecule has 8 nitrogen and oxygen atoms in total. The maximum absolute atomic E-state index is 11.4. The highest BCUT2D eigenvalue weighted by molar-refractivity contribution is 5.76. The summed E-state index contributed by atoms with van der Waals surface area (Å²) >= 11 is 0. The average Bonchev–Trinajstić information content (AvgIpc) is 2.51.